The topological polar surface area (TPSA) is 158 Å². The summed E-state index contributed by atoms with van der Waals surface area (Å²) in [6.07, 6.45) is 3.42. The Morgan fingerprint density at radius 2 is 1.69 bits per heavy atom. The van der Waals surface area contributed by atoms with Gasteiger partial charge in [0.15, 0.2) is 17.0 Å². The largest absolute Gasteiger partial charge is 0.481 e. The zero-order chi connectivity index (χ0) is 26.0. The van der Waals surface area contributed by atoms with Crippen LogP contribution >= 0.6 is 0 Å². The number of nitrogens with one attached hydrogen (secondary N) is 2. The number of nitrogens with zero attached hydrogens (tertiary/aromatic N) is 4. The number of aliphatic carboxylic acids is 1. The highest BCUT2D eigenvalue weighted by molar-refractivity contribution is 5.93. The lowest BCUT2D eigenvalue weighted by atomic mass is 9.80. The molecule has 0 radical (unpaired) electrons. The fourth-order valence-corrected chi connectivity index (χ4v) is 4.21. The van der Waals surface area contributed by atoms with E-state index in [0.29, 0.717) is 30.4 Å². The molecule has 0 bridgehead atoms. The average Bonchev–Trinajstić information content (AvgIpc) is 3.09. The number of fused-ring (bicyclic) bond motifs is 1. The molecular formula is C23H34N6O6. The minimum Gasteiger partial charge on any atom is -0.481 e. The van der Waals surface area contributed by atoms with Crippen LogP contribution in [0, 0.1) is 5.92 Å². The van der Waals surface area contributed by atoms with Gasteiger partial charge >= 0.3 is 18.2 Å². The second kappa shape index (κ2) is 10.0. The third-order valence-corrected chi connectivity index (χ3v) is 5.42. The van der Waals surface area contributed by atoms with Crippen LogP contribution in [0.2, 0.25) is 0 Å². The summed E-state index contributed by atoms with van der Waals surface area (Å²) in [5.74, 6) is -0.750. The Kier molecular flexibility index (Phi) is 7.51. The van der Waals surface area contributed by atoms with Gasteiger partial charge in [0, 0.05) is 6.42 Å². The molecule has 0 unspecified atom stereocenters. The second-order valence-electron chi connectivity index (χ2n) is 10.8. The molecule has 1 aliphatic rings. The summed E-state index contributed by atoms with van der Waals surface area (Å²) in [5.41, 5.74) is -0.498. The summed E-state index contributed by atoms with van der Waals surface area (Å²) >= 11 is 0. The number of carbonyl (C=O) groups is 3. The number of imidazole rings is 1. The zero-order valence-corrected chi connectivity index (χ0v) is 21.0. The van der Waals surface area contributed by atoms with Crippen LogP contribution in [-0.4, -0.2) is 60.0 Å². The Morgan fingerprint density at radius 3 is 2.31 bits per heavy atom. The van der Waals surface area contributed by atoms with E-state index in [-0.39, 0.29) is 24.2 Å². The molecule has 3 N–H and O–H groups in total. The number of amides is 2. The van der Waals surface area contributed by atoms with Gasteiger partial charge in [0.25, 0.3) is 0 Å². The second-order valence-corrected chi connectivity index (χ2v) is 10.8. The van der Waals surface area contributed by atoms with Crippen LogP contribution in [-0.2, 0) is 14.3 Å². The molecule has 3 atom stereocenters. The first-order valence-corrected chi connectivity index (χ1v) is 11.6. The Bertz CT molecular complexity index is 1090. The van der Waals surface area contributed by atoms with Crippen molar-refractivity contribution in [1.29, 1.82) is 0 Å². The van der Waals surface area contributed by atoms with Crippen molar-refractivity contribution in [1.82, 2.24) is 24.8 Å². The number of carbonyl (C=O) groups excluding carboxylic acids is 2. The van der Waals surface area contributed by atoms with E-state index in [1.807, 2.05) is 4.57 Å². The molecule has 2 aromatic rings. The Morgan fingerprint density at radius 1 is 1.03 bits per heavy atom. The van der Waals surface area contributed by atoms with Crippen LogP contribution in [0.1, 0.15) is 73.3 Å². The summed E-state index contributed by atoms with van der Waals surface area (Å²) in [7, 11) is 0. The summed E-state index contributed by atoms with van der Waals surface area (Å²) in [4.78, 5) is 49.0. The summed E-state index contributed by atoms with van der Waals surface area (Å²) < 4.78 is 12.6. The van der Waals surface area contributed by atoms with Gasteiger partial charge in [-0.15, -0.1) is 0 Å². The zero-order valence-electron chi connectivity index (χ0n) is 21.0. The van der Waals surface area contributed by atoms with E-state index in [1.54, 1.807) is 47.9 Å². The number of ether oxygens (including phenoxy) is 2. The van der Waals surface area contributed by atoms with Crippen molar-refractivity contribution in [2.75, 3.05) is 5.32 Å². The van der Waals surface area contributed by atoms with Gasteiger partial charge in [0.2, 0.25) is 0 Å². The van der Waals surface area contributed by atoms with Crippen molar-refractivity contribution in [3.05, 3.63) is 12.7 Å². The van der Waals surface area contributed by atoms with Gasteiger partial charge in [0.05, 0.1) is 18.4 Å². The van der Waals surface area contributed by atoms with Crippen LogP contribution in [0.25, 0.3) is 11.2 Å². The highest BCUT2D eigenvalue weighted by Gasteiger charge is 2.36. The number of carboxylic acids is 1. The van der Waals surface area contributed by atoms with Gasteiger partial charge in [-0.05, 0) is 66.7 Å². The highest BCUT2D eigenvalue weighted by Crippen LogP contribution is 2.36. The molecule has 3 rings (SSSR count). The van der Waals surface area contributed by atoms with Crippen LogP contribution in [0.4, 0.5) is 15.4 Å². The van der Waals surface area contributed by atoms with Crippen LogP contribution in [0.5, 0.6) is 0 Å². The molecule has 0 spiro atoms. The van der Waals surface area contributed by atoms with Gasteiger partial charge in [-0.1, -0.05) is 0 Å². The molecule has 12 nitrogen and oxygen atoms in total. The molecule has 0 aliphatic heterocycles. The predicted octanol–water partition coefficient (Wildman–Crippen LogP) is 3.88. The lowest BCUT2D eigenvalue weighted by Crippen LogP contribution is -2.46. The molecule has 12 heteroatoms. The third kappa shape index (κ3) is 7.27. The van der Waals surface area contributed by atoms with E-state index < -0.39 is 35.4 Å². The fourth-order valence-electron chi connectivity index (χ4n) is 4.21. The number of hydrogen-bond donors (Lipinski definition) is 3. The van der Waals surface area contributed by atoms with E-state index in [9.17, 15) is 19.5 Å². The van der Waals surface area contributed by atoms with E-state index in [2.05, 4.69) is 25.6 Å². The van der Waals surface area contributed by atoms with Crippen molar-refractivity contribution in [2.24, 2.45) is 5.92 Å². The van der Waals surface area contributed by atoms with Crippen LogP contribution < -0.4 is 10.6 Å². The number of carboxylic acid groups (broad SMARTS) is 1. The standard InChI is InChI=1S/C23H34N6O6/c1-22(2,3)34-20(32)27-14-9-13(10-16(30)31)7-8-15(14)29-12-26-17-18(24-11-25-19(17)29)28-21(33)35-23(4,5)6/h11-15H,7-10H2,1-6H3,(H,27,32)(H,30,31)(H,24,25,28,33)/t13-,14-,15-/m1/s1. The predicted molar refractivity (Wildman–Crippen MR) is 127 cm³/mol. The maximum Gasteiger partial charge on any atom is 0.413 e. The van der Waals surface area contributed by atoms with Crippen LogP contribution in [0.15, 0.2) is 12.7 Å². The highest BCUT2D eigenvalue weighted by atomic mass is 16.6. The van der Waals surface area contributed by atoms with Gasteiger partial charge in [-0.3, -0.25) is 10.1 Å². The Hall–Kier alpha value is -3.44. The van der Waals surface area contributed by atoms with Crippen molar-refractivity contribution >= 4 is 35.1 Å². The summed E-state index contributed by atoms with van der Waals surface area (Å²) in [5, 5.41) is 14.8. The van der Waals surface area contributed by atoms with E-state index in [0.717, 1.165) is 0 Å². The van der Waals surface area contributed by atoms with Crippen molar-refractivity contribution < 1.29 is 29.0 Å². The Balaban J connectivity index is 1.88. The first-order valence-electron chi connectivity index (χ1n) is 11.6. The van der Waals surface area contributed by atoms with E-state index in [4.69, 9.17) is 9.47 Å². The molecule has 2 aromatic heterocycles. The number of rotatable bonds is 5. The maximum absolute atomic E-state index is 12.6. The molecule has 0 aromatic carbocycles. The molecule has 0 saturated heterocycles. The molecule has 1 fully saturated rings. The molecule has 192 valence electrons. The third-order valence-electron chi connectivity index (χ3n) is 5.42. The number of hydrogen-bond acceptors (Lipinski definition) is 8. The summed E-state index contributed by atoms with van der Waals surface area (Å²) in [6.45, 7) is 10.6. The van der Waals surface area contributed by atoms with Gasteiger partial charge in [-0.25, -0.2) is 24.5 Å². The summed E-state index contributed by atoms with van der Waals surface area (Å²) in [6, 6.07) is -0.653. The first kappa shape index (κ1) is 26.2. The first-order chi connectivity index (χ1) is 16.2. The van der Waals surface area contributed by atoms with Gasteiger partial charge in [-0.2, -0.15) is 0 Å². The van der Waals surface area contributed by atoms with E-state index >= 15 is 0 Å². The molecule has 35 heavy (non-hydrogen) atoms. The minimum atomic E-state index is -0.872. The lowest BCUT2D eigenvalue weighted by molar-refractivity contribution is -0.138. The molecule has 1 saturated carbocycles. The number of aromatic nitrogens is 4. The average molecular weight is 491 g/mol. The van der Waals surface area contributed by atoms with Crippen molar-refractivity contribution in [3.8, 4) is 0 Å². The van der Waals surface area contributed by atoms with Crippen LogP contribution in [0.3, 0.4) is 0 Å². The quantitative estimate of drug-likeness (QED) is 0.565. The smallest absolute Gasteiger partial charge is 0.413 e. The molecule has 2 amide bonds. The van der Waals surface area contributed by atoms with Gasteiger partial charge < -0.3 is 24.5 Å². The lowest BCUT2D eigenvalue weighted by Gasteiger charge is -2.37. The molecular weight excluding hydrogens is 456 g/mol. The number of anilines is 1. The van der Waals surface area contributed by atoms with Crippen molar-refractivity contribution in [3.63, 3.8) is 0 Å². The molecule has 2 heterocycles. The Labute approximate surface area is 203 Å². The normalized spacial score (nSPS) is 20.8. The fraction of sp³-hybridized carbons (Fsp3) is 0.652. The van der Waals surface area contributed by atoms with Crippen molar-refractivity contribution in [2.45, 2.75) is 90.5 Å². The SMILES string of the molecule is CC(C)(C)OC(=O)Nc1ncnc2c1ncn2[C@@H]1CC[C@@H](CC(=O)O)C[C@H]1NC(=O)OC(C)(C)C. The maximum atomic E-state index is 12.6. The monoisotopic (exact) mass is 490 g/mol. The van der Waals surface area contributed by atoms with E-state index in [1.165, 1.54) is 6.33 Å². The molecule has 1 aliphatic carbocycles. The van der Waals surface area contributed by atoms with Gasteiger partial charge in [0.1, 0.15) is 17.5 Å². The minimum absolute atomic E-state index is 0.0238. The number of alkyl carbamates (subject to hydrolysis) is 1.